The van der Waals surface area contributed by atoms with Crippen molar-refractivity contribution >= 4 is 35.4 Å². The van der Waals surface area contributed by atoms with Gasteiger partial charge in [0.05, 0.1) is 12.4 Å². The molecule has 0 saturated carbocycles. The smallest absolute Gasteiger partial charge is 0.243 e. The van der Waals surface area contributed by atoms with Crippen LogP contribution in [0.4, 0.5) is 0 Å². The molecule has 1 aromatic carbocycles. The average Bonchev–Trinajstić information content (AvgIpc) is 2.99. The van der Waals surface area contributed by atoms with E-state index in [0.717, 1.165) is 13.0 Å². The van der Waals surface area contributed by atoms with Crippen LogP contribution in [0.1, 0.15) is 77.7 Å². The Kier molecular flexibility index (Phi) is 15.8. The van der Waals surface area contributed by atoms with E-state index in [1.807, 2.05) is 13.8 Å². The van der Waals surface area contributed by atoms with Gasteiger partial charge in [0.15, 0.2) is 0 Å². The molecular weight excluding hydrogens is 580 g/mol. The number of unbranched alkanes of at least 4 members (excludes halogenated alkanes) is 2. The van der Waals surface area contributed by atoms with Crippen molar-refractivity contribution in [3.63, 3.8) is 0 Å². The van der Waals surface area contributed by atoms with E-state index in [4.69, 9.17) is 11.1 Å². The number of aromatic hydroxyl groups is 1. The Morgan fingerprint density at radius 3 is 2.00 bits per heavy atom. The second-order valence-electron chi connectivity index (χ2n) is 11.7. The van der Waals surface area contributed by atoms with Crippen LogP contribution in [-0.4, -0.2) is 83.8 Å². The van der Waals surface area contributed by atoms with Gasteiger partial charge in [0.25, 0.3) is 0 Å². The number of amides is 5. The molecule has 10 N–H and O–H groups in total. The Labute approximate surface area is 264 Å². The van der Waals surface area contributed by atoms with E-state index in [9.17, 15) is 29.1 Å². The Hall–Kier alpha value is -4.20. The number of phenolic OH excluding ortho intramolecular Hbond substituents is 1. The van der Waals surface area contributed by atoms with Crippen LogP contribution in [0.2, 0.25) is 0 Å². The van der Waals surface area contributed by atoms with Gasteiger partial charge in [-0.25, -0.2) is 0 Å². The van der Waals surface area contributed by atoms with Crippen molar-refractivity contribution in [1.29, 1.82) is 5.41 Å². The Morgan fingerprint density at radius 2 is 1.40 bits per heavy atom. The van der Waals surface area contributed by atoms with Gasteiger partial charge in [-0.2, -0.15) is 0 Å². The van der Waals surface area contributed by atoms with Crippen LogP contribution < -0.4 is 37.6 Å². The molecule has 1 fully saturated rings. The van der Waals surface area contributed by atoms with E-state index >= 15 is 0 Å². The number of carbonyl (C=O) groups is 5. The summed E-state index contributed by atoms with van der Waals surface area (Å²) in [5.41, 5.74) is 6.11. The summed E-state index contributed by atoms with van der Waals surface area (Å²) in [6.45, 7) is 6.08. The minimum atomic E-state index is -1.10. The zero-order chi connectivity index (χ0) is 33.4. The topological polar surface area (TPSA) is 228 Å². The third-order valence-electron chi connectivity index (χ3n) is 7.42. The number of nitrogens with one attached hydrogen (secondary N) is 7. The molecule has 1 aromatic rings. The first-order valence-electron chi connectivity index (χ1n) is 15.7. The average molecular weight is 631 g/mol. The molecular formula is C31H50N8O6. The van der Waals surface area contributed by atoms with Crippen molar-refractivity contribution in [3.8, 4) is 5.75 Å². The predicted octanol–water partition coefficient (Wildman–Crippen LogP) is 0.0784. The van der Waals surface area contributed by atoms with E-state index in [2.05, 4.69) is 31.9 Å². The Balaban J connectivity index is 2.38. The molecule has 0 aromatic heterocycles. The quantitative estimate of drug-likeness (QED) is 0.0775. The SMILES string of the molecule is CC[C@H]1NC(=O)[C@H](Cc2ccc(O)cc2)NC(=O)C(CCCCNC(C)C)NC(=O)[C@@H](CCCCC(=N)N)NC(=O)CNC1=O. The van der Waals surface area contributed by atoms with Crippen LogP contribution in [0.15, 0.2) is 24.3 Å². The van der Waals surface area contributed by atoms with Crippen molar-refractivity contribution in [2.75, 3.05) is 13.1 Å². The summed E-state index contributed by atoms with van der Waals surface area (Å²) in [6, 6.07) is 2.42. The summed E-state index contributed by atoms with van der Waals surface area (Å²) in [6.07, 6.45) is 3.50. The molecule has 2 rings (SSSR count). The van der Waals surface area contributed by atoms with Gasteiger partial charge in [0, 0.05) is 18.9 Å². The summed E-state index contributed by atoms with van der Waals surface area (Å²) < 4.78 is 0. The molecule has 5 amide bonds. The molecule has 1 unspecified atom stereocenters. The van der Waals surface area contributed by atoms with E-state index in [0.29, 0.717) is 37.3 Å². The first-order valence-corrected chi connectivity index (χ1v) is 15.7. The fourth-order valence-electron chi connectivity index (χ4n) is 4.85. The lowest BCUT2D eigenvalue weighted by atomic mass is 10.0. The fraction of sp³-hybridized carbons (Fsp3) is 0.613. The van der Waals surface area contributed by atoms with Crippen LogP contribution in [0.5, 0.6) is 5.75 Å². The number of hydrogen-bond donors (Lipinski definition) is 9. The molecule has 45 heavy (non-hydrogen) atoms. The first kappa shape index (κ1) is 37.0. The summed E-state index contributed by atoms with van der Waals surface area (Å²) in [5.74, 6) is -2.87. The highest BCUT2D eigenvalue weighted by Gasteiger charge is 2.32. The zero-order valence-corrected chi connectivity index (χ0v) is 26.5. The number of carbonyl (C=O) groups excluding carboxylic acids is 5. The monoisotopic (exact) mass is 630 g/mol. The van der Waals surface area contributed by atoms with Gasteiger partial charge >= 0.3 is 0 Å². The number of amidine groups is 1. The highest BCUT2D eigenvalue weighted by atomic mass is 16.3. The summed E-state index contributed by atoms with van der Waals surface area (Å²) in [7, 11) is 0. The molecule has 14 nitrogen and oxygen atoms in total. The lowest BCUT2D eigenvalue weighted by molar-refractivity contribution is -0.134. The molecule has 1 heterocycles. The van der Waals surface area contributed by atoms with Gasteiger partial charge in [-0.1, -0.05) is 39.3 Å². The van der Waals surface area contributed by atoms with Crippen molar-refractivity contribution in [3.05, 3.63) is 29.8 Å². The second-order valence-corrected chi connectivity index (χ2v) is 11.7. The van der Waals surface area contributed by atoms with Crippen molar-refractivity contribution in [2.24, 2.45) is 5.73 Å². The van der Waals surface area contributed by atoms with Crippen LogP contribution >= 0.6 is 0 Å². The highest BCUT2D eigenvalue weighted by molar-refractivity contribution is 5.97. The normalized spacial score (nSPS) is 21.9. The molecule has 0 spiro atoms. The number of hydrogen-bond acceptors (Lipinski definition) is 8. The number of benzene rings is 1. The van der Waals surface area contributed by atoms with Crippen LogP contribution in [-0.2, 0) is 30.4 Å². The maximum Gasteiger partial charge on any atom is 0.243 e. The maximum absolute atomic E-state index is 13.7. The molecule has 4 atom stereocenters. The molecule has 250 valence electrons. The van der Waals surface area contributed by atoms with Gasteiger partial charge in [0.2, 0.25) is 29.5 Å². The van der Waals surface area contributed by atoms with Crippen molar-refractivity contribution < 1.29 is 29.1 Å². The summed E-state index contributed by atoms with van der Waals surface area (Å²) >= 11 is 0. The minimum Gasteiger partial charge on any atom is -0.508 e. The molecule has 0 aliphatic carbocycles. The number of phenols is 1. The van der Waals surface area contributed by atoms with Crippen molar-refractivity contribution in [1.82, 2.24) is 31.9 Å². The van der Waals surface area contributed by atoms with Gasteiger partial charge in [-0.05, 0) is 62.8 Å². The molecule has 1 saturated heterocycles. The van der Waals surface area contributed by atoms with Crippen LogP contribution in [0, 0.1) is 5.41 Å². The van der Waals surface area contributed by atoms with Crippen LogP contribution in [0.3, 0.4) is 0 Å². The molecule has 14 heteroatoms. The van der Waals surface area contributed by atoms with E-state index < -0.39 is 60.2 Å². The maximum atomic E-state index is 13.7. The lowest BCUT2D eigenvalue weighted by Crippen LogP contribution is -2.58. The minimum absolute atomic E-state index is 0.0208. The Morgan fingerprint density at radius 1 is 0.844 bits per heavy atom. The van der Waals surface area contributed by atoms with Gasteiger partial charge < -0.3 is 42.7 Å². The van der Waals surface area contributed by atoms with Gasteiger partial charge in [-0.15, -0.1) is 0 Å². The predicted molar refractivity (Wildman–Crippen MR) is 170 cm³/mol. The summed E-state index contributed by atoms with van der Waals surface area (Å²) in [5, 5.41) is 33.9. The van der Waals surface area contributed by atoms with E-state index in [-0.39, 0.29) is 37.3 Å². The standard InChI is InChI=1S/C31H50N8O6/c1-4-22-28(42)35-18-27(41)36-23(9-5-6-11-26(32)33)29(43)38-24(10-7-8-16-34-19(2)3)30(44)39-25(31(45)37-22)17-20-12-14-21(40)15-13-20/h12-15,19,22-25,34,40H,4-11,16-18H2,1-3H3,(H3,32,33)(H,35,42)(H,36,41)(H,37,45)(H,38,43)(H,39,44)/t22-,23-,24?,25+/m1/s1. The largest absolute Gasteiger partial charge is 0.508 e. The number of nitrogens with two attached hydrogens (primary N) is 1. The van der Waals surface area contributed by atoms with Gasteiger partial charge in [-0.3, -0.25) is 29.4 Å². The number of rotatable bonds is 14. The fourth-order valence-corrected chi connectivity index (χ4v) is 4.85. The molecule has 1 aliphatic heterocycles. The van der Waals surface area contributed by atoms with E-state index in [1.54, 1.807) is 19.1 Å². The first-order chi connectivity index (χ1) is 21.4. The lowest BCUT2D eigenvalue weighted by Gasteiger charge is -2.26. The zero-order valence-electron chi connectivity index (χ0n) is 26.5. The highest BCUT2D eigenvalue weighted by Crippen LogP contribution is 2.13. The molecule has 0 bridgehead atoms. The molecule has 1 aliphatic rings. The Bertz CT molecular complexity index is 1160. The third-order valence-corrected chi connectivity index (χ3v) is 7.42. The summed E-state index contributed by atoms with van der Waals surface area (Å²) in [4.78, 5) is 66.4. The van der Waals surface area contributed by atoms with E-state index in [1.165, 1.54) is 12.1 Å². The molecule has 0 radical (unpaired) electrons. The third kappa shape index (κ3) is 14.0. The van der Waals surface area contributed by atoms with Crippen molar-refractivity contribution in [2.45, 2.75) is 109 Å². The second kappa shape index (κ2) is 19.2. The van der Waals surface area contributed by atoms with Gasteiger partial charge in [0.1, 0.15) is 29.9 Å². The van der Waals surface area contributed by atoms with Crippen LogP contribution in [0.25, 0.3) is 0 Å².